The first-order valence-electron chi connectivity index (χ1n) is 3.79. The lowest BCUT2D eigenvalue weighted by Gasteiger charge is -2.02. The summed E-state index contributed by atoms with van der Waals surface area (Å²) in [6, 6.07) is 0. The summed E-state index contributed by atoms with van der Waals surface area (Å²) in [4.78, 5) is 10.5. The number of nitrogens with one attached hydrogen (secondary N) is 2. The highest BCUT2D eigenvalue weighted by Crippen LogP contribution is 1.68. The molecule has 0 aliphatic rings. The van der Waals surface area contributed by atoms with Crippen LogP contribution in [0.15, 0.2) is 0 Å². The number of hydrogen-bond acceptors (Lipinski definition) is 4. The first-order chi connectivity index (χ1) is 5.31. The first-order valence-corrected chi connectivity index (χ1v) is 3.79. The number of rotatable bonds is 6. The Morgan fingerprint density at radius 1 is 1.36 bits per heavy atom. The van der Waals surface area contributed by atoms with Gasteiger partial charge >= 0.3 is 5.97 Å². The van der Waals surface area contributed by atoms with Crippen molar-refractivity contribution in [2.75, 3.05) is 33.3 Å². The van der Waals surface area contributed by atoms with Gasteiger partial charge in [-0.15, -0.1) is 0 Å². The Morgan fingerprint density at radius 3 is 2.55 bits per heavy atom. The Hall–Kier alpha value is -0.610. The molecule has 0 saturated carbocycles. The van der Waals surface area contributed by atoms with Crippen molar-refractivity contribution in [3.05, 3.63) is 0 Å². The standard InChI is InChI=1S/C7H16N2O2/c1-3-8-4-5-9-6-7(10)11-2/h8-9H,3-6H2,1-2H3. The van der Waals surface area contributed by atoms with Gasteiger partial charge in [0.1, 0.15) is 0 Å². The van der Waals surface area contributed by atoms with Crippen LogP contribution in [0.5, 0.6) is 0 Å². The Labute approximate surface area is 67.3 Å². The van der Waals surface area contributed by atoms with Crippen LogP contribution >= 0.6 is 0 Å². The number of methoxy groups -OCH3 is 1. The highest BCUT2D eigenvalue weighted by Gasteiger charge is 1.96. The van der Waals surface area contributed by atoms with Crippen LogP contribution in [-0.2, 0) is 9.53 Å². The molecule has 66 valence electrons. The van der Waals surface area contributed by atoms with Gasteiger partial charge < -0.3 is 15.4 Å². The van der Waals surface area contributed by atoms with Crippen LogP contribution in [0.2, 0.25) is 0 Å². The van der Waals surface area contributed by atoms with Gasteiger partial charge in [0.2, 0.25) is 0 Å². The van der Waals surface area contributed by atoms with Crippen molar-refractivity contribution in [1.82, 2.24) is 10.6 Å². The van der Waals surface area contributed by atoms with E-state index in [2.05, 4.69) is 15.4 Å². The normalized spacial score (nSPS) is 9.64. The zero-order valence-corrected chi connectivity index (χ0v) is 7.14. The zero-order valence-electron chi connectivity index (χ0n) is 7.14. The lowest BCUT2D eigenvalue weighted by Crippen LogP contribution is -2.31. The Morgan fingerprint density at radius 2 is 2.00 bits per heavy atom. The van der Waals surface area contributed by atoms with Crippen LogP contribution in [0.4, 0.5) is 0 Å². The topological polar surface area (TPSA) is 50.4 Å². The first kappa shape index (κ1) is 10.4. The van der Waals surface area contributed by atoms with Gasteiger partial charge in [0, 0.05) is 13.1 Å². The summed E-state index contributed by atoms with van der Waals surface area (Å²) >= 11 is 0. The minimum atomic E-state index is -0.221. The molecule has 0 aromatic heterocycles. The lowest BCUT2D eigenvalue weighted by molar-refractivity contribution is -0.139. The summed E-state index contributed by atoms with van der Waals surface area (Å²) in [5.41, 5.74) is 0. The molecule has 0 unspecified atom stereocenters. The van der Waals surface area contributed by atoms with Gasteiger partial charge in [-0.1, -0.05) is 6.92 Å². The average Bonchev–Trinajstić information content (AvgIpc) is 2.04. The maximum atomic E-state index is 10.5. The molecule has 0 atom stereocenters. The van der Waals surface area contributed by atoms with Gasteiger partial charge in [-0.3, -0.25) is 4.79 Å². The second kappa shape index (κ2) is 7.50. The van der Waals surface area contributed by atoms with Gasteiger partial charge in [-0.2, -0.15) is 0 Å². The number of ether oxygens (including phenoxy) is 1. The molecular weight excluding hydrogens is 144 g/mol. The third-order valence-electron chi connectivity index (χ3n) is 1.23. The van der Waals surface area contributed by atoms with Crippen molar-refractivity contribution in [2.45, 2.75) is 6.92 Å². The van der Waals surface area contributed by atoms with Crippen molar-refractivity contribution >= 4 is 5.97 Å². The molecule has 0 radical (unpaired) electrons. The minimum absolute atomic E-state index is 0.221. The Kier molecular flexibility index (Phi) is 7.08. The second-order valence-electron chi connectivity index (χ2n) is 2.11. The number of hydrogen-bond donors (Lipinski definition) is 2. The summed E-state index contributed by atoms with van der Waals surface area (Å²) in [7, 11) is 1.38. The van der Waals surface area contributed by atoms with E-state index in [1.54, 1.807) is 0 Å². The molecule has 0 amide bonds. The largest absolute Gasteiger partial charge is 0.468 e. The summed E-state index contributed by atoms with van der Waals surface area (Å²) in [6.45, 7) is 4.97. The Balaban J connectivity index is 2.95. The van der Waals surface area contributed by atoms with E-state index in [0.29, 0.717) is 6.54 Å². The van der Waals surface area contributed by atoms with Crippen molar-refractivity contribution < 1.29 is 9.53 Å². The summed E-state index contributed by atoms with van der Waals surface area (Å²) in [6.07, 6.45) is 0. The van der Waals surface area contributed by atoms with E-state index in [1.165, 1.54) is 7.11 Å². The molecule has 0 aromatic carbocycles. The van der Waals surface area contributed by atoms with Gasteiger partial charge in [0.25, 0.3) is 0 Å². The summed E-state index contributed by atoms with van der Waals surface area (Å²) in [5.74, 6) is -0.221. The molecule has 4 heteroatoms. The number of esters is 1. The van der Waals surface area contributed by atoms with Crippen LogP contribution in [0.1, 0.15) is 6.92 Å². The molecule has 0 aromatic rings. The molecule has 0 bridgehead atoms. The molecule has 0 heterocycles. The maximum Gasteiger partial charge on any atom is 0.319 e. The van der Waals surface area contributed by atoms with E-state index in [0.717, 1.165) is 19.6 Å². The molecule has 11 heavy (non-hydrogen) atoms. The molecule has 0 rings (SSSR count). The minimum Gasteiger partial charge on any atom is -0.468 e. The molecule has 0 spiro atoms. The van der Waals surface area contributed by atoms with E-state index in [1.807, 2.05) is 6.92 Å². The fraction of sp³-hybridized carbons (Fsp3) is 0.857. The van der Waals surface area contributed by atoms with Crippen molar-refractivity contribution in [3.63, 3.8) is 0 Å². The highest BCUT2D eigenvalue weighted by atomic mass is 16.5. The third kappa shape index (κ3) is 7.29. The predicted molar refractivity (Wildman–Crippen MR) is 43.4 cm³/mol. The van der Waals surface area contributed by atoms with Crippen LogP contribution < -0.4 is 10.6 Å². The van der Waals surface area contributed by atoms with Gasteiger partial charge in [0.15, 0.2) is 0 Å². The van der Waals surface area contributed by atoms with E-state index >= 15 is 0 Å². The molecule has 0 aliphatic heterocycles. The van der Waals surface area contributed by atoms with E-state index in [-0.39, 0.29) is 5.97 Å². The zero-order chi connectivity index (χ0) is 8.53. The lowest BCUT2D eigenvalue weighted by atomic mass is 10.5. The SMILES string of the molecule is CCNCCNCC(=O)OC. The van der Waals surface area contributed by atoms with Crippen LogP contribution in [0.3, 0.4) is 0 Å². The summed E-state index contributed by atoms with van der Waals surface area (Å²) < 4.78 is 4.43. The highest BCUT2D eigenvalue weighted by molar-refractivity contribution is 5.71. The quantitative estimate of drug-likeness (QED) is 0.401. The van der Waals surface area contributed by atoms with Crippen LogP contribution in [-0.4, -0.2) is 39.3 Å². The van der Waals surface area contributed by atoms with Crippen LogP contribution in [0, 0.1) is 0 Å². The van der Waals surface area contributed by atoms with Gasteiger partial charge in [-0.05, 0) is 6.54 Å². The molecule has 0 saturated heterocycles. The monoisotopic (exact) mass is 160 g/mol. The second-order valence-corrected chi connectivity index (χ2v) is 2.11. The molecule has 4 nitrogen and oxygen atoms in total. The third-order valence-corrected chi connectivity index (χ3v) is 1.23. The van der Waals surface area contributed by atoms with Crippen molar-refractivity contribution in [1.29, 1.82) is 0 Å². The van der Waals surface area contributed by atoms with Gasteiger partial charge in [-0.25, -0.2) is 0 Å². The number of carbonyl (C=O) groups excluding carboxylic acids is 1. The maximum absolute atomic E-state index is 10.5. The Bertz CT molecular complexity index is 107. The van der Waals surface area contributed by atoms with Crippen molar-refractivity contribution in [2.24, 2.45) is 0 Å². The fourth-order valence-electron chi connectivity index (χ4n) is 0.616. The van der Waals surface area contributed by atoms with Gasteiger partial charge in [0.05, 0.1) is 13.7 Å². The molecule has 0 fully saturated rings. The average molecular weight is 160 g/mol. The smallest absolute Gasteiger partial charge is 0.319 e. The molecule has 2 N–H and O–H groups in total. The summed E-state index contributed by atoms with van der Waals surface area (Å²) in [5, 5.41) is 6.06. The molecule has 0 aliphatic carbocycles. The fourth-order valence-corrected chi connectivity index (χ4v) is 0.616. The van der Waals surface area contributed by atoms with E-state index in [4.69, 9.17) is 0 Å². The number of likely N-dealkylation sites (N-methyl/N-ethyl adjacent to an activating group) is 1. The van der Waals surface area contributed by atoms with E-state index in [9.17, 15) is 4.79 Å². The number of carbonyl (C=O) groups is 1. The predicted octanol–water partition coefficient (Wildman–Crippen LogP) is -0.641. The van der Waals surface area contributed by atoms with E-state index < -0.39 is 0 Å². The van der Waals surface area contributed by atoms with Crippen LogP contribution in [0.25, 0.3) is 0 Å². The molecular formula is C7H16N2O2. The van der Waals surface area contributed by atoms with Crippen molar-refractivity contribution in [3.8, 4) is 0 Å².